The highest BCUT2D eigenvalue weighted by Crippen LogP contribution is 2.51. The van der Waals surface area contributed by atoms with E-state index in [2.05, 4.69) is 10.6 Å². The minimum atomic E-state index is -6.15. The maximum Gasteiger partial charge on any atom is 0.430 e. The molecule has 1 fully saturated rings. The Morgan fingerprint density at radius 1 is 1.10 bits per heavy atom. The van der Waals surface area contributed by atoms with E-state index < -0.39 is 74.3 Å². The van der Waals surface area contributed by atoms with Crippen molar-refractivity contribution >= 4 is 21.6 Å². The maximum absolute atomic E-state index is 13.7. The molecular weight excluding hydrogens is 587 g/mol. The topological polar surface area (TPSA) is 119 Å². The summed E-state index contributed by atoms with van der Waals surface area (Å²) in [5, 5.41) is 25.8. The summed E-state index contributed by atoms with van der Waals surface area (Å²) in [5.74, 6) is -1.42. The van der Waals surface area contributed by atoms with E-state index >= 15 is 0 Å². The molecule has 4 rings (SSSR count). The van der Waals surface area contributed by atoms with Crippen LogP contribution in [-0.4, -0.2) is 67.7 Å². The average molecular weight is 614 g/mol. The van der Waals surface area contributed by atoms with Gasteiger partial charge in [-0.15, -0.1) is 0 Å². The third-order valence-electron chi connectivity index (χ3n) is 7.34. The number of hydrogen-bond acceptors (Lipinski definition) is 6. The minimum Gasteiger partial charge on any atom is -0.387 e. The van der Waals surface area contributed by atoms with Crippen LogP contribution in [0.4, 0.5) is 36.4 Å². The molecule has 1 saturated heterocycles. The normalized spacial score (nSPS) is 23.8. The van der Waals surface area contributed by atoms with Crippen LogP contribution in [0, 0.1) is 5.82 Å². The van der Waals surface area contributed by atoms with Gasteiger partial charge in [0.1, 0.15) is 5.82 Å². The van der Waals surface area contributed by atoms with Crippen molar-refractivity contribution in [1.82, 2.24) is 10.6 Å². The monoisotopic (exact) mass is 613 g/mol. The Kier molecular flexibility index (Phi) is 7.86. The molecule has 2 aromatic carbocycles. The molecule has 2 aromatic rings. The number of hydrogen-bond donors (Lipinski definition) is 4. The van der Waals surface area contributed by atoms with E-state index in [0.717, 1.165) is 24.3 Å². The molecule has 0 radical (unpaired) electrons. The number of carbonyl (C=O) groups excluding carboxylic acids is 1. The number of sulfonamides is 1. The van der Waals surface area contributed by atoms with Crippen LogP contribution in [0.3, 0.4) is 0 Å². The summed E-state index contributed by atoms with van der Waals surface area (Å²) in [5.41, 5.74) is -8.62. The van der Waals surface area contributed by atoms with E-state index in [4.69, 9.17) is 0 Å². The van der Waals surface area contributed by atoms with Gasteiger partial charge in [-0.25, -0.2) is 12.8 Å². The summed E-state index contributed by atoms with van der Waals surface area (Å²) in [6.07, 6.45) is -13.2. The number of nitrogens with zero attached hydrogens (tertiary/aromatic N) is 1. The molecule has 2 heterocycles. The van der Waals surface area contributed by atoms with Gasteiger partial charge in [0.2, 0.25) is 5.91 Å². The fraction of sp³-hybridized carbons (Fsp3) is 0.480. The summed E-state index contributed by atoms with van der Waals surface area (Å²) in [4.78, 5) is 12.5. The van der Waals surface area contributed by atoms with E-state index in [1.807, 2.05) is 0 Å². The molecular formula is C25H26F7N3O5S. The van der Waals surface area contributed by atoms with Gasteiger partial charge in [0.05, 0.1) is 28.3 Å². The Bertz CT molecular complexity index is 1400. The molecule has 2 aliphatic rings. The first kappa shape index (κ1) is 31.0. The molecule has 0 aliphatic carbocycles. The van der Waals surface area contributed by atoms with Crippen LogP contribution in [0.25, 0.3) is 0 Å². The van der Waals surface area contributed by atoms with Gasteiger partial charge in [-0.2, -0.15) is 26.3 Å². The zero-order valence-electron chi connectivity index (χ0n) is 21.4. The number of rotatable bonds is 6. The molecule has 0 spiro atoms. The molecule has 2 aliphatic heterocycles. The molecule has 0 aromatic heterocycles. The third kappa shape index (κ3) is 5.61. The van der Waals surface area contributed by atoms with Gasteiger partial charge < -0.3 is 20.8 Å². The first-order chi connectivity index (χ1) is 18.8. The Labute approximate surface area is 230 Å². The number of halogens is 7. The zero-order valence-corrected chi connectivity index (χ0v) is 22.2. The summed E-state index contributed by atoms with van der Waals surface area (Å²) >= 11 is 0. The van der Waals surface area contributed by atoms with Crippen molar-refractivity contribution in [2.75, 3.05) is 17.4 Å². The molecule has 1 amide bonds. The van der Waals surface area contributed by atoms with E-state index in [-0.39, 0.29) is 37.2 Å². The summed E-state index contributed by atoms with van der Waals surface area (Å²) < 4.78 is 123. The molecule has 0 bridgehead atoms. The average Bonchev–Trinajstić information content (AvgIpc) is 3.18. The number of aryl methyl sites for hydroxylation is 1. The molecule has 3 atom stereocenters. The highest BCUT2D eigenvalue weighted by Gasteiger charge is 2.71. The number of nitrogens with one attached hydrogen (secondary N) is 2. The van der Waals surface area contributed by atoms with Crippen molar-refractivity contribution < 1.29 is 54.2 Å². The van der Waals surface area contributed by atoms with Crippen molar-refractivity contribution in [1.29, 1.82) is 0 Å². The smallest absolute Gasteiger partial charge is 0.387 e. The van der Waals surface area contributed by atoms with E-state index in [1.165, 1.54) is 6.92 Å². The fourth-order valence-corrected chi connectivity index (χ4v) is 6.78. The van der Waals surface area contributed by atoms with Crippen molar-refractivity contribution in [3.05, 3.63) is 59.4 Å². The van der Waals surface area contributed by atoms with Crippen LogP contribution in [0.2, 0.25) is 0 Å². The van der Waals surface area contributed by atoms with Crippen molar-refractivity contribution in [2.45, 2.75) is 66.7 Å². The van der Waals surface area contributed by atoms with Crippen LogP contribution in [0.1, 0.15) is 30.9 Å². The van der Waals surface area contributed by atoms with E-state index in [0.29, 0.717) is 22.5 Å². The van der Waals surface area contributed by atoms with Crippen LogP contribution in [0.15, 0.2) is 47.4 Å². The molecule has 4 N–H and O–H groups in total. The highest BCUT2D eigenvalue weighted by atomic mass is 32.2. The lowest BCUT2D eigenvalue weighted by Gasteiger charge is -2.39. The largest absolute Gasteiger partial charge is 0.430 e. The lowest BCUT2D eigenvalue weighted by molar-refractivity contribution is -0.376. The van der Waals surface area contributed by atoms with E-state index in [1.54, 1.807) is 0 Å². The van der Waals surface area contributed by atoms with Crippen molar-refractivity contribution in [3.8, 4) is 0 Å². The second-order valence-electron chi connectivity index (χ2n) is 10.3. The maximum atomic E-state index is 13.7. The molecule has 8 nitrogen and oxygen atoms in total. The molecule has 226 valence electrons. The van der Waals surface area contributed by atoms with Crippen molar-refractivity contribution in [3.63, 3.8) is 0 Å². The molecule has 41 heavy (non-hydrogen) atoms. The van der Waals surface area contributed by atoms with Gasteiger partial charge in [-0.1, -0.05) is 12.1 Å². The van der Waals surface area contributed by atoms with Gasteiger partial charge in [-0.3, -0.25) is 9.10 Å². The molecule has 0 unspecified atom stereocenters. The number of aliphatic hydroxyl groups is 2. The quantitative estimate of drug-likeness (QED) is 0.373. The number of amides is 1. The van der Waals surface area contributed by atoms with Gasteiger partial charge in [-0.05, 0) is 55.7 Å². The van der Waals surface area contributed by atoms with Crippen molar-refractivity contribution in [2.24, 2.45) is 0 Å². The predicted octanol–water partition coefficient (Wildman–Crippen LogP) is 2.88. The number of anilines is 1. The van der Waals surface area contributed by atoms with Gasteiger partial charge in [0, 0.05) is 25.1 Å². The number of benzene rings is 2. The first-order valence-corrected chi connectivity index (χ1v) is 13.7. The Hall–Kier alpha value is -2.95. The Morgan fingerprint density at radius 3 is 2.24 bits per heavy atom. The summed E-state index contributed by atoms with van der Waals surface area (Å²) in [7, 11) is -4.62. The summed E-state index contributed by atoms with van der Waals surface area (Å²) in [6, 6.07) is 3.19. The molecule has 0 saturated carbocycles. The SMILES string of the molecule is C[C@]1(O)CNC[C@H]1NC(=O)C[C@@H]1CCc2cc(C(O)(C(F)(F)F)C(F)(F)F)ccc2N1S(=O)(=O)c1ccc(F)cc1. The summed E-state index contributed by atoms with van der Waals surface area (Å²) in [6.45, 7) is 1.90. The van der Waals surface area contributed by atoms with Crippen LogP contribution >= 0.6 is 0 Å². The lowest BCUT2D eigenvalue weighted by Crippen LogP contribution is -2.54. The number of carbonyl (C=O) groups is 1. The second-order valence-corrected chi connectivity index (χ2v) is 12.1. The Balaban J connectivity index is 1.77. The standard InChI is InChI=1S/C25H26F7N3O5S/c1-22(37)13-33-12-20(22)34-21(36)11-17-6-2-14-10-15(23(38,24(27,28)29)25(30,31)32)3-9-19(14)35(17)41(39,40)18-7-4-16(26)5-8-18/h3-5,7-10,17,20,33,37-38H,2,6,11-13H2,1H3,(H,34,36)/t17-,20+,22-/m0/s1. The minimum absolute atomic E-state index is 0.185. The molecule has 16 heteroatoms. The van der Waals surface area contributed by atoms with Gasteiger partial charge in [0.15, 0.2) is 0 Å². The van der Waals surface area contributed by atoms with Gasteiger partial charge in [0.25, 0.3) is 15.6 Å². The number of β-amino-alcohol motifs (C(OH)–C–C–N with tert-alkyl or cyclic N) is 1. The Morgan fingerprint density at radius 2 is 1.71 bits per heavy atom. The fourth-order valence-electron chi connectivity index (χ4n) is 5.07. The van der Waals surface area contributed by atoms with Crippen LogP contribution < -0.4 is 14.9 Å². The third-order valence-corrected chi connectivity index (χ3v) is 9.22. The zero-order chi connectivity index (χ0) is 30.6. The first-order valence-electron chi connectivity index (χ1n) is 12.3. The number of fused-ring (bicyclic) bond motifs is 1. The van der Waals surface area contributed by atoms with E-state index in [9.17, 15) is 54.2 Å². The van der Waals surface area contributed by atoms with Gasteiger partial charge >= 0.3 is 12.4 Å². The lowest BCUT2D eigenvalue weighted by atomic mass is 9.87. The highest BCUT2D eigenvalue weighted by molar-refractivity contribution is 7.92. The number of alkyl halides is 6. The second kappa shape index (κ2) is 10.4. The van der Waals surface area contributed by atoms with Crippen LogP contribution in [-0.2, 0) is 26.8 Å². The predicted molar refractivity (Wildman–Crippen MR) is 131 cm³/mol. The van der Waals surface area contributed by atoms with Crippen LogP contribution in [0.5, 0.6) is 0 Å².